The number of ether oxygens (including phenoxy) is 4. The molecule has 0 aliphatic carbocycles. The third-order valence-corrected chi connectivity index (χ3v) is 6.21. The van der Waals surface area contributed by atoms with Gasteiger partial charge in [0.15, 0.2) is 11.5 Å². The van der Waals surface area contributed by atoms with Crippen molar-refractivity contribution >= 4 is 11.9 Å². The van der Waals surface area contributed by atoms with Crippen LogP contribution in [0.1, 0.15) is 53.7 Å². The predicted molar refractivity (Wildman–Crippen MR) is 118 cm³/mol. The molecule has 0 saturated carbocycles. The predicted octanol–water partition coefficient (Wildman–Crippen LogP) is 2.91. The maximum absolute atomic E-state index is 12.1. The second-order valence-corrected chi connectivity index (χ2v) is 8.35. The number of hydrogen-bond acceptors (Lipinski definition) is 8. The largest absolute Gasteiger partial charge is 0.504 e. The van der Waals surface area contributed by atoms with Gasteiger partial charge in [0.05, 0.1) is 20.3 Å². The summed E-state index contributed by atoms with van der Waals surface area (Å²) in [7, 11) is 1.47. The lowest BCUT2D eigenvalue weighted by atomic mass is 9.93. The van der Waals surface area contributed by atoms with Gasteiger partial charge in [-0.25, -0.2) is 4.79 Å². The molecule has 1 aromatic rings. The molecule has 2 heterocycles. The Bertz CT molecular complexity index is 893. The van der Waals surface area contributed by atoms with Crippen molar-refractivity contribution in [3.63, 3.8) is 0 Å². The minimum Gasteiger partial charge on any atom is -0.504 e. The van der Waals surface area contributed by atoms with E-state index < -0.39 is 5.97 Å². The number of rotatable bonds is 9. The first-order valence-corrected chi connectivity index (χ1v) is 11.0. The molecule has 8 heteroatoms. The number of esters is 2. The van der Waals surface area contributed by atoms with Crippen molar-refractivity contribution in [2.45, 2.75) is 52.7 Å². The van der Waals surface area contributed by atoms with E-state index in [1.54, 1.807) is 0 Å². The zero-order valence-corrected chi connectivity index (χ0v) is 19.4. The van der Waals surface area contributed by atoms with Gasteiger partial charge >= 0.3 is 11.9 Å². The van der Waals surface area contributed by atoms with E-state index >= 15 is 0 Å². The fourth-order valence-electron chi connectivity index (χ4n) is 4.14. The summed E-state index contributed by atoms with van der Waals surface area (Å²) < 4.78 is 21.3. The molecular formula is C24H33NO7. The Morgan fingerprint density at radius 1 is 1.34 bits per heavy atom. The van der Waals surface area contributed by atoms with Crippen LogP contribution in [-0.4, -0.2) is 68.0 Å². The molecule has 1 atom stereocenters. The van der Waals surface area contributed by atoms with Gasteiger partial charge in [0.1, 0.15) is 18.8 Å². The van der Waals surface area contributed by atoms with Crippen LogP contribution in [0.4, 0.5) is 0 Å². The van der Waals surface area contributed by atoms with Gasteiger partial charge in [-0.05, 0) is 39.2 Å². The van der Waals surface area contributed by atoms with Gasteiger partial charge in [0, 0.05) is 36.7 Å². The molecule has 0 spiro atoms. The van der Waals surface area contributed by atoms with Gasteiger partial charge in [-0.2, -0.15) is 0 Å². The van der Waals surface area contributed by atoms with E-state index in [1.165, 1.54) is 7.11 Å². The van der Waals surface area contributed by atoms with Crippen molar-refractivity contribution < 1.29 is 33.6 Å². The van der Waals surface area contributed by atoms with Gasteiger partial charge in [-0.3, -0.25) is 9.69 Å². The lowest BCUT2D eigenvalue weighted by molar-refractivity contribution is -0.144. The SMILES string of the molecule is COc1c(O)c2c(c(C)c1C/C=C(\C)CCC(=O)OCCN1CCOCC1C)COC2=O. The van der Waals surface area contributed by atoms with Gasteiger partial charge in [0.2, 0.25) is 0 Å². The summed E-state index contributed by atoms with van der Waals surface area (Å²) in [6.07, 6.45) is 3.43. The molecule has 0 amide bonds. The summed E-state index contributed by atoms with van der Waals surface area (Å²) in [6, 6.07) is 0.344. The third-order valence-electron chi connectivity index (χ3n) is 6.21. The normalized spacial score (nSPS) is 18.9. The van der Waals surface area contributed by atoms with E-state index in [2.05, 4.69) is 11.8 Å². The van der Waals surface area contributed by atoms with E-state index in [0.29, 0.717) is 49.8 Å². The highest BCUT2D eigenvalue weighted by atomic mass is 16.5. The molecule has 0 bridgehead atoms. The first-order valence-electron chi connectivity index (χ1n) is 11.0. The maximum atomic E-state index is 12.1. The van der Waals surface area contributed by atoms with E-state index in [0.717, 1.165) is 36.4 Å². The van der Waals surface area contributed by atoms with Crippen LogP contribution in [0.2, 0.25) is 0 Å². The summed E-state index contributed by atoms with van der Waals surface area (Å²) in [5.41, 5.74) is 3.62. The Balaban J connectivity index is 1.52. The topological polar surface area (TPSA) is 94.5 Å². The number of phenolic OH excluding ortho intramolecular Hbond substituents is 1. The number of hydrogen-bond donors (Lipinski definition) is 1. The average Bonchev–Trinajstić information content (AvgIpc) is 3.17. The summed E-state index contributed by atoms with van der Waals surface area (Å²) in [5.74, 6) is -0.618. The zero-order valence-electron chi connectivity index (χ0n) is 19.4. The molecule has 0 radical (unpaired) electrons. The number of benzene rings is 1. The van der Waals surface area contributed by atoms with Crippen LogP contribution in [0.25, 0.3) is 0 Å². The Kier molecular flexibility index (Phi) is 8.15. The van der Waals surface area contributed by atoms with Gasteiger partial charge in [0.25, 0.3) is 0 Å². The molecule has 1 N–H and O–H groups in total. The van der Waals surface area contributed by atoms with Crippen LogP contribution < -0.4 is 4.74 Å². The molecular weight excluding hydrogens is 414 g/mol. The quantitative estimate of drug-likeness (QED) is 0.456. The average molecular weight is 448 g/mol. The number of allylic oxidation sites excluding steroid dienone is 2. The van der Waals surface area contributed by atoms with Crippen molar-refractivity contribution in [2.24, 2.45) is 0 Å². The van der Waals surface area contributed by atoms with E-state index in [-0.39, 0.29) is 23.9 Å². The zero-order chi connectivity index (χ0) is 23.3. The van der Waals surface area contributed by atoms with E-state index in [4.69, 9.17) is 18.9 Å². The van der Waals surface area contributed by atoms with Crippen LogP contribution in [0.5, 0.6) is 11.5 Å². The molecule has 2 aliphatic rings. The summed E-state index contributed by atoms with van der Waals surface area (Å²) in [6.45, 7) is 9.53. The fourth-order valence-corrected chi connectivity index (χ4v) is 4.14. The molecule has 1 saturated heterocycles. The fraction of sp³-hybridized carbons (Fsp3) is 0.583. The molecule has 1 fully saturated rings. The van der Waals surface area contributed by atoms with Gasteiger partial charge in [-0.1, -0.05) is 11.6 Å². The number of morpholine rings is 1. The molecule has 0 aromatic heterocycles. The number of carbonyl (C=O) groups is 2. The Hall–Kier alpha value is -2.58. The van der Waals surface area contributed by atoms with Crippen molar-refractivity contribution in [1.29, 1.82) is 0 Å². The molecule has 32 heavy (non-hydrogen) atoms. The lowest BCUT2D eigenvalue weighted by Gasteiger charge is -2.32. The first kappa shape index (κ1) is 24.1. The monoisotopic (exact) mass is 447 g/mol. The number of fused-ring (bicyclic) bond motifs is 1. The van der Waals surface area contributed by atoms with Crippen LogP contribution >= 0.6 is 0 Å². The first-order chi connectivity index (χ1) is 15.3. The number of methoxy groups -OCH3 is 1. The summed E-state index contributed by atoms with van der Waals surface area (Å²) in [4.78, 5) is 26.3. The number of cyclic esters (lactones) is 1. The Morgan fingerprint density at radius 3 is 2.84 bits per heavy atom. The second kappa shape index (κ2) is 10.8. The number of carbonyl (C=O) groups excluding carboxylic acids is 2. The van der Waals surface area contributed by atoms with Crippen LogP contribution in [0.3, 0.4) is 0 Å². The molecule has 1 aromatic carbocycles. The standard InChI is InChI=1S/C24H33NO7/c1-15(6-8-20(26)31-12-10-25-9-11-30-13-16(25)2)5-7-18-17(3)19-14-32-24(28)21(19)22(27)23(18)29-4/h5,16,27H,6-14H2,1-4H3/b15-5+. The van der Waals surface area contributed by atoms with E-state index in [9.17, 15) is 14.7 Å². The highest BCUT2D eigenvalue weighted by Crippen LogP contribution is 2.42. The molecule has 3 rings (SSSR count). The Morgan fingerprint density at radius 2 is 2.12 bits per heavy atom. The van der Waals surface area contributed by atoms with Crippen LogP contribution in [0, 0.1) is 6.92 Å². The minimum absolute atomic E-state index is 0.155. The minimum atomic E-state index is -0.529. The van der Waals surface area contributed by atoms with E-state index in [1.807, 2.05) is 19.9 Å². The third kappa shape index (κ3) is 5.42. The van der Waals surface area contributed by atoms with Crippen molar-refractivity contribution in [1.82, 2.24) is 4.90 Å². The number of aromatic hydroxyl groups is 1. The Labute approximate surface area is 189 Å². The van der Waals surface area contributed by atoms with Crippen molar-refractivity contribution in [3.05, 3.63) is 33.9 Å². The summed E-state index contributed by atoms with van der Waals surface area (Å²) >= 11 is 0. The van der Waals surface area contributed by atoms with Gasteiger partial charge < -0.3 is 24.1 Å². The highest BCUT2D eigenvalue weighted by molar-refractivity contribution is 5.98. The second-order valence-electron chi connectivity index (χ2n) is 8.35. The summed E-state index contributed by atoms with van der Waals surface area (Å²) in [5, 5.41) is 10.5. The smallest absolute Gasteiger partial charge is 0.342 e. The van der Waals surface area contributed by atoms with Crippen LogP contribution in [0.15, 0.2) is 11.6 Å². The van der Waals surface area contributed by atoms with Crippen molar-refractivity contribution in [3.8, 4) is 11.5 Å². The van der Waals surface area contributed by atoms with Gasteiger partial charge in [-0.15, -0.1) is 0 Å². The van der Waals surface area contributed by atoms with Crippen LogP contribution in [-0.2, 0) is 32.0 Å². The maximum Gasteiger partial charge on any atom is 0.342 e. The number of phenols is 1. The lowest BCUT2D eigenvalue weighted by Crippen LogP contribution is -2.45. The highest BCUT2D eigenvalue weighted by Gasteiger charge is 2.32. The molecule has 2 aliphatic heterocycles. The molecule has 176 valence electrons. The molecule has 8 nitrogen and oxygen atoms in total. The molecule has 1 unspecified atom stereocenters. The van der Waals surface area contributed by atoms with Crippen molar-refractivity contribution in [2.75, 3.05) is 40.0 Å². The number of nitrogens with zero attached hydrogens (tertiary/aromatic N) is 1.